The summed E-state index contributed by atoms with van der Waals surface area (Å²) >= 11 is 0. The molecule has 2 nitrogen and oxygen atoms in total. The van der Waals surface area contributed by atoms with E-state index in [2.05, 4.69) is 0 Å². The van der Waals surface area contributed by atoms with Gasteiger partial charge >= 0.3 is 6.92 Å². The fourth-order valence-electron chi connectivity index (χ4n) is 3.62. The second kappa shape index (κ2) is 5.25. The summed E-state index contributed by atoms with van der Waals surface area (Å²) < 4.78 is 11.4. The van der Waals surface area contributed by atoms with Crippen LogP contribution in [0.4, 0.5) is 0 Å². The molecule has 3 rings (SSSR count). The van der Waals surface area contributed by atoms with Crippen LogP contribution in [-0.2, 0) is 0 Å². The molecule has 0 atom stereocenters. The van der Waals surface area contributed by atoms with Gasteiger partial charge in [-0.25, -0.2) is 0 Å². The van der Waals surface area contributed by atoms with Crippen molar-refractivity contribution >= 4 is 6.92 Å². The summed E-state index contributed by atoms with van der Waals surface area (Å²) in [6.07, 6.45) is 8.24. The quantitative estimate of drug-likeness (QED) is 0.743. The highest BCUT2D eigenvalue weighted by Gasteiger charge is 2.42. The first-order valence-electron chi connectivity index (χ1n) is 7.17. The average Bonchev–Trinajstić information content (AvgIpc) is 2.39. The molecule has 18 heavy (non-hydrogen) atoms. The lowest BCUT2D eigenvalue weighted by molar-refractivity contribution is 0.380. The summed E-state index contributed by atoms with van der Waals surface area (Å²) in [5.74, 6) is 3.48. The SMILES string of the molecule is COc1ccc(OB2C3CCCC2CCC3)cc1. The van der Waals surface area contributed by atoms with Crippen molar-refractivity contribution in [3.8, 4) is 11.5 Å². The Hall–Kier alpha value is -1.12. The van der Waals surface area contributed by atoms with Crippen molar-refractivity contribution in [1.29, 1.82) is 0 Å². The van der Waals surface area contributed by atoms with Crippen molar-refractivity contribution in [2.24, 2.45) is 0 Å². The number of methoxy groups -OCH3 is 1. The zero-order valence-electron chi connectivity index (χ0n) is 11.1. The molecular formula is C15H21BO2. The molecule has 0 aliphatic carbocycles. The number of benzene rings is 1. The molecule has 0 spiro atoms. The zero-order chi connectivity index (χ0) is 12.4. The minimum absolute atomic E-state index is 0.459. The number of ether oxygens (including phenoxy) is 1. The van der Waals surface area contributed by atoms with Crippen molar-refractivity contribution in [2.45, 2.75) is 50.2 Å². The van der Waals surface area contributed by atoms with Crippen molar-refractivity contribution in [1.82, 2.24) is 0 Å². The Bertz CT molecular complexity index is 368. The molecule has 2 aliphatic heterocycles. The summed E-state index contributed by atoms with van der Waals surface area (Å²) in [5, 5.41) is 0. The monoisotopic (exact) mass is 244 g/mol. The fraction of sp³-hybridized carbons (Fsp3) is 0.600. The van der Waals surface area contributed by atoms with Gasteiger partial charge in [-0.2, -0.15) is 0 Å². The molecule has 96 valence electrons. The molecule has 0 saturated carbocycles. The minimum Gasteiger partial charge on any atom is -0.560 e. The average molecular weight is 244 g/mol. The second-order valence-corrected chi connectivity index (χ2v) is 5.64. The van der Waals surface area contributed by atoms with Gasteiger partial charge < -0.3 is 9.39 Å². The van der Waals surface area contributed by atoms with Gasteiger partial charge in [-0.3, -0.25) is 0 Å². The summed E-state index contributed by atoms with van der Waals surface area (Å²) in [6.45, 7) is 0.459. The smallest absolute Gasteiger partial charge is 0.363 e. The van der Waals surface area contributed by atoms with E-state index >= 15 is 0 Å². The van der Waals surface area contributed by atoms with Crippen LogP contribution in [0, 0.1) is 0 Å². The van der Waals surface area contributed by atoms with Gasteiger partial charge in [0.15, 0.2) is 0 Å². The molecule has 2 fully saturated rings. The molecule has 1 aromatic rings. The van der Waals surface area contributed by atoms with E-state index in [1.807, 2.05) is 24.3 Å². The Morgan fingerprint density at radius 3 is 1.89 bits per heavy atom. The maximum absolute atomic E-state index is 6.27. The van der Waals surface area contributed by atoms with Crippen molar-refractivity contribution in [3.05, 3.63) is 24.3 Å². The lowest BCUT2D eigenvalue weighted by atomic mass is 9.38. The number of hydrogen-bond acceptors (Lipinski definition) is 2. The summed E-state index contributed by atoms with van der Waals surface area (Å²) in [6, 6.07) is 8.02. The second-order valence-electron chi connectivity index (χ2n) is 5.64. The van der Waals surface area contributed by atoms with E-state index in [1.54, 1.807) is 7.11 Å². The Balaban J connectivity index is 1.70. The van der Waals surface area contributed by atoms with Gasteiger partial charge in [0, 0.05) is 0 Å². The third-order valence-electron chi connectivity index (χ3n) is 4.56. The molecule has 3 heteroatoms. The lowest BCUT2D eigenvalue weighted by Gasteiger charge is -2.39. The Morgan fingerprint density at radius 2 is 1.39 bits per heavy atom. The first kappa shape index (κ1) is 11.9. The Labute approximate surface area is 110 Å². The van der Waals surface area contributed by atoms with E-state index in [9.17, 15) is 0 Å². The first-order valence-corrected chi connectivity index (χ1v) is 7.17. The molecule has 2 saturated heterocycles. The van der Waals surface area contributed by atoms with Crippen LogP contribution in [-0.4, -0.2) is 14.0 Å². The third-order valence-corrected chi connectivity index (χ3v) is 4.56. The van der Waals surface area contributed by atoms with Gasteiger partial charge in [0.25, 0.3) is 0 Å². The van der Waals surface area contributed by atoms with Gasteiger partial charge in [-0.15, -0.1) is 0 Å². The lowest BCUT2D eigenvalue weighted by Crippen LogP contribution is -2.39. The van der Waals surface area contributed by atoms with Crippen molar-refractivity contribution in [2.75, 3.05) is 7.11 Å². The fourth-order valence-corrected chi connectivity index (χ4v) is 3.62. The van der Waals surface area contributed by atoms with Crippen LogP contribution in [0.1, 0.15) is 38.5 Å². The molecule has 0 unspecified atom stereocenters. The van der Waals surface area contributed by atoms with E-state index in [4.69, 9.17) is 9.39 Å². The van der Waals surface area contributed by atoms with E-state index in [0.29, 0.717) is 6.92 Å². The molecule has 0 radical (unpaired) electrons. The Morgan fingerprint density at radius 1 is 0.889 bits per heavy atom. The van der Waals surface area contributed by atoms with Gasteiger partial charge in [0.2, 0.25) is 0 Å². The molecule has 2 aliphatic rings. The molecule has 2 bridgehead atoms. The normalized spacial score (nSPS) is 26.8. The maximum atomic E-state index is 6.27. The molecule has 0 amide bonds. The van der Waals surface area contributed by atoms with Crippen LogP contribution < -0.4 is 9.39 Å². The van der Waals surface area contributed by atoms with Gasteiger partial charge in [-0.1, -0.05) is 38.5 Å². The largest absolute Gasteiger partial charge is 0.560 e. The maximum Gasteiger partial charge on any atom is 0.363 e. The highest BCUT2D eigenvalue weighted by molar-refractivity contribution is 6.56. The Kier molecular flexibility index (Phi) is 3.49. The molecule has 0 N–H and O–H groups in total. The van der Waals surface area contributed by atoms with E-state index in [1.165, 1.54) is 38.5 Å². The first-order chi connectivity index (χ1) is 8.86. The topological polar surface area (TPSA) is 18.5 Å². The minimum atomic E-state index is 0.459. The standard InChI is InChI=1S/C15H21BO2/c1-17-14-8-10-15(11-9-14)18-16-12-4-2-5-13(16)7-3-6-12/h8-13H,2-7H2,1H3. The van der Waals surface area contributed by atoms with E-state index in [-0.39, 0.29) is 0 Å². The van der Waals surface area contributed by atoms with E-state index < -0.39 is 0 Å². The van der Waals surface area contributed by atoms with Crippen LogP contribution >= 0.6 is 0 Å². The number of hydrogen-bond donors (Lipinski definition) is 0. The van der Waals surface area contributed by atoms with E-state index in [0.717, 1.165) is 23.1 Å². The molecular weight excluding hydrogens is 223 g/mol. The summed E-state index contributed by atoms with van der Waals surface area (Å²) in [7, 11) is 1.70. The molecule has 2 heterocycles. The van der Waals surface area contributed by atoms with Crippen molar-refractivity contribution in [3.63, 3.8) is 0 Å². The van der Waals surface area contributed by atoms with Crippen LogP contribution in [0.15, 0.2) is 24.3 Å². The third kappa shape index (κ3) is 2.36. The van der Waals surface area contributed by atoms with Crippen LogP contribution in [0.2, 0.25) is 11.6 Å². The number of fused-ring (bicyclic) bond motifs is 2. The van der Waals surface area contributed by atoms with Crippen LogP contribution in [0.25, 0.3) is 0 Å². The van der Waals surface area contributed by atoms with Crippen LogP contribution in [0.3, 0.4) is 0 Å². The van der Waals surface area contributed by atoms with Gasteiger partial charge in [-0.05, 0) is 35.9 Å². The van der Waals surface area contributed by atoms with Gasteiger partial charge in [0.1, 0.15) is 5.75 Å². The van der Waals surface area contributed by atoms with Crippen LogP contribution in [0.5, 0.6) is 11.5 Å². The summed E-state index contributed by atoms with van der Waals surface area (Å²) in [5.41, 5.74) is 0. The van der Waals surface area contributed by atoms with Crippen molar-refractivity contribution < 1.29 is 9.39 Å². The highest BCUT2D eigenvalue weighted by Crippen LogP contribution is 2.46. The molecule has 0 aromatic heterocycles. The molecule has 1 aromatic carbocycles. The predicted molar refractivity (Wildman–Crippen MR) is 74.6 cm³/mol. The highest BCUT2D eigenvalue weighted by atomic mass is 16.5. The number of rotatable bonds is 3. The zero-order valence-corrected chi connectivity index (χ0v) is 11.1. The predicted octanol–water partition coefficient (Wildman–Crippen LogP) is 4.17. The summed E-state index contributed by atoms with van der Waals surface area (Å²) in [4.78, 5) is 0. The van der Waals surface area contributed by atoms with Gasteiger partial charge in [0.05, 0.1) is 12.9 Å².